The zero-order valence-electron chi connectivity index (χ0n) is 9.08. The second kappa shape index (κ2) is 4.44. The third-order valence-electron chi connectivity index (χ3n) is 2.72. The monoisotopic (exact) mass is 251 g/mol. The SMILES string of the molecule is NCC(c1ccc2ccccc2c1)S(=O)(=O)O. The van der Waals surface area contributed by atoms with E-state index < -0.39 is 15.4 Å². The molecule has 0 heterocycles. The van der Waals surface area contributed by atoms with Crippen molar-refractivity contribution in [2.75, 3.05) is 6.54 Å². The molecule has 5 heteroatoms. The molecule has 2 rings (SSSR count). The van der Waals surface area contributed by atoms with Crippen LogP contribution in [0.3, 0.4) is 0 Å². The van der Waals surface area contributed by atoms with Crippen molar-refractivity contribution >= 4 is 20.9 Å². The van der Waals surface area contributed by atoms with Crippen LogP contribution in [0.5, 0.6) is 0 Å². The van der Waals surface area contributed by atoms with E-state index in [0.29, 0.717) is 5.56 Å². The number of fused-ring (bicyclic) bond motifs is 1. The molecule has 0 radical (unpaired) electrons. The third kappa shape index (κ3) is 2.46. The van der Waals surface area contributed by atoms with Crippen molar-refractivity contribution in [2.45, 2.75) is 5.25 Å². The molecule has 0 fully saturated rings. The molecule has 0 aliphatic rings. The van der Waals surface area contributed by atoms with E-state index in [1.165, 1.54) is 0 Å². The molecule has 1 atom stereocenters. The van der Waals surface area contributed by atoms with E-state index in [4.69, 9.17) is 10.3 Å². The first kappa shape index (κ1) is 12.0. The molecule has 0 aliphatic heterocycles. The summed E-state index contributed by atoms with van der Waals surface area (Å²) in [5, 5.41) is 0.876. The van der Waals surface area contributed by atoms with Gasteiger partial charge in [0.05, 0.1) is 0 Å². The zero-order chi connectivity index (χ0) is 12.5. The van der Waals surface area contributed by atoms with Crippen LogP contribution < -0.4 is 5.73 Å². The molecular weight excluding hydrogens is 238 g/mol. The fourth-order valence-electron chi connectivity index (χ4n) is 1.84. The quantitative estimate of drug-likeness (QED) is 0.814. The maximum absolute atomic E-state index is 11.2. The largest absolute Gasteiger partial charge is 0.329 e. The smallest absolute Gasteiger partial charge is 0.273 e. The van der Waals surface area contributed by atoms with Crippen molar-refractivity contribution in [3.63, 3.8) is 0 Å². The van der Waals surface area contributed by atoms with Crippen LogP contribution in [0.2, 0.25) is 0 Å². The van der Waals surface area contributed by atoms with Crippen molar-refractivity contribution in [1.82, 2.24) is 0 Å². The minimum Gasteiger partial charge on any atom is -0.329 e. The molecule has 4 nitrogen and oxygen atoms in total. The summed E-state index contributed by atoms with van der Waals surface area (Å²) in [7, 11) is -4.16. The van der Waals surface area contributed by atoms with E-state index in [-0.39, 0.29) is 6.54 Å². The lowest BCUT2D eigenvalue weighted by atomic mass is 10.1. The molecule has 2 aromatic carbocycles. The second-order valence-electron chi connectivity index (χ2n) is 3.85. The second-order valence-corrected chi connectivity index (χ2v) is 5.44. The first-order valence-corrected chi connectivity index (χ1v) is 6.68. The molecule has 17 heavy (non-hydrogen) atoms. The van der Waals surface area contributed by atoms with E-state index >= 15 is 0 Å². The molecule has 90 valence electrons. The van der Waals surface area contributed by atoms with E-state index in [2.05, 4.69) is 0 Å². The highest BCUT2D eigenvalue weighted by Gasteiger charge is 2.23. The Morgan fingerprint density at radius 1 is 1.12 bits per heavy atom. The first-order chi connectivity index (χ1) is 8.02. The third-order valence-corrected chi connectivity index (χ3v) is 3.90. The van der Waals surface area contributed by atoms with Crippen molar-refractivity contribution in [3.8, 4) is 0 Å². The fourth-order valence-corrected chi connectivity index (χ4v) is 2.57. The number of benzene rings is 2. The lowest BCUT2D eigenvalue weighted by Crippen LogP contribution is -2.21. The summed E-state index contributed by atoms with van der Waals surface area (Å²) in [6, 6.07) is 12.8. The molecule has 2 aromatic rings. The molecule has 0 aliphatic carbocycles. The van der Waals surface area contributed by atoms with Crippen molar-refractivity contribution in [3.05, 3.63) is 48.0 Å². The van der Waals surface area contributed by atoms with Gasteiger partial charge in [-0.15, -0.1) is 0 Å². The standard InChI is InChI=1S/C12H13NO3S/c13-8-12(17(14,15)16)11-6-5-9-3-1-2-4-10(9)7-11/h1-7,12H,8,13H2,(H,14,15,16). The average Bonchev–Trinajstić information content (AvgIpc) is 2.28. The van der Waals surface area contributed by atoms with Crippen LogP contribution in [0.25, 0.3) is 10.8 Å². The van der Waals surface area contributed by atoms with Crippen LogP contribution in [0, 0.1) is 0 Å². The van der Waals surface area contributed by atoms with Crippen LogP contribution in [0.15, 0.2) is 42.5 Å². The molecule has 0 amide bonds. The number of rotatable bonds is 3. The van der Waals surface area contributed by atoms with E-state index in [1.807, 2.05) is 30.3 Å². The summed E-state index contributed by atoms with van der Waals surface area (Å²) in [6.45, 7) is -0.142. The van der Waals surface area contributed by atoms with E-state index in [9.17, 15) is 8.42 Å². The van der Waals surface area contributed by atoms with Crippen molar-refractivity contribution in [2.24, 2.45) is 5.73 Å². The van der Waals surface area contributed by atoms with Gasteiger partial charge in [0.2, 0.25) is 0 Å². The number of nitrogens with two attached hydrogens (primary N) is 1. The number of hydrogen-bond acceptors (Lipinski definition) is 3. The van der Waals surface area contributed by atoms with Gasteiger partial charge in [0.25, 0.3) is 10.1 Å². The first-order valence-electron chi connectivity index (χ1n) is 5.17. The van der Waals surface area contributed by atoms with Crippen LogP contribution in [-0.4, -0.2) is 19.5 Å². The van der Waals surface area contributed by atoms with Crippen LogP contribution in [0.1, 0.15) is 10.8 Å². The maximum atomic E-state index is 11.2. The Kier molecular flexibility index (Phi) is 3.15. The molecule has 1 unspecified atom stereocenters. The van der Waals surface area contributed by atoms with Gasteiger partial charge in [-0.2, -0.15) is 8.42 Å². The Labute approximate surface area is 99.8 Å². The van der Waals surface area contributed by atoms with E-state index in [1.54, 1.807) is 12.1 Å². The maximum Gasteiger partial charge on any atom is 0.273 e. The van der Waals surface area contributed by atoms with Gasteiger partial charge in [-0.3, -0.25) is 4.55 Å². The van der Waals surface area contributed by atoms with Gasteiger partial charge in [0, 0.05) is 6.54 Å². The van der Waals surface area contributed by atoms with Gasteiger partial charge >= 0.3 is 0 Å². The van der Waals surface area contributed by atoms with Crippen molar-refractivity contribution < 1.29 is 13.0 Å². The summed E-state index contributed by atoms with van der Waals surface area (Å²) in [5.41, 5.74) is 5.90. The topological polar surface area (TPSA) is 80.4 Å². The van der Waals surface area contributed by atoms with Crippen LogP contribution in [-0.2, 0) is 10.1 Å². The summed E-state index contributed by atoms with van der Waals surface area (Å²) in [4.78, 5) is 0. The normalized spacial score (nSPS) is 13.8. The highest BCUT2D eigenvalue weighted by molar-refractivity contribution is 7.86. The average molecular weight is 251 g/mol. The highest BCUT2D eigenvalue weighted by atomic mass is 32.2. The minimum atomic E-state index is -4.16. The van der Waals surface area contributed by atoms with Crippen LogP contribution >= 0.6 is 0 Å². The molecule has 0 aromatic heterocycles. The van der Waals surface area contributed by atoms with Gasteiger partial charge in [0.1, 0.15) is 5.25 Å². The summed E-state index contributed by atoms with van der Waals surface area (Å²) in [6.07, 6.45) is 0. The lowest BCUT2D eigenvalue weighted by Gasteiger charge is -2.12. The summed E-state index contributed by atoms with van der Waals surface area (Å²) < 4.78 is 31.4. The highest BCUT2D eigenvalue weighted by Crippen LogP contribution is 2.24. The van der Waals surface area contributed by atoms with Crippen LogP contribution in [0.4, 0.5) is 0 Å². The van der Waals surface area contributed by atoms with Gasteiger partial charge < -0.3 is 5.73 Å². The molecular formula is C12H13NO3S. The Hall–Kier alpha value is -1.43. The fraction of sp³-hybridized carbons (Fsp3) is 0.167. The lowest BCUT2D eigenvalue weighted by molar-refractivity contribution is 0.469. The Bertz CT molecular complexity index is 637. The van der Waals surface area contributed by atoms with E-state index in [0.717, 1.165) is 10.8 Å². The zero-order valence-corrected chi connectivity index (χ0v) is 9.89. The molecule has 3 N–H and O–H groups in total. The van der Waals surface area contributed by atoms with Gasteiger partial charge in [0.15, 0.2) is 0 Å². The predicted molar refractivity (Wildman–Crippen MR) is 67.3 cm³/mol. The predicted octanol–water partition coefficient (Wildman–Crippen LogP) is 1.73. The Morgan fingerprint density at radius 2 is 1.76 bits per heavy atom. The summed E-state index contributed by atoms with van der Waals surface area (Å²) in [5.74, 6) is 0. The molecule has 0 bridgehead atoms. The van der Waals surface area contributed by atoms with Gasteiger partial charge in [-0.25, -0.2) is 0 Å². The summed E-state index contributed by atoms with van der Waals surface area (Å²) >= 11 is 0. The van der Waals surface area contributed by atoms with Crippen molar-refractivity contribution in [1.29, 1.82) is 0 Å². The minimum absolute atomic E-state index is 0.142. The van der Waals surface area contributed by atoms with Gasteiger partial charge in [-0.05, 0) is 22.4 Å². The molecule has 0 saturated heterocycles. The molecule has 0 spiro atoms. The number of hydrogen-bond donors (Lipinski definition) is 2. The Balaban J connectivity index is 2.56. The molecule has 0 saturated carbocycles. The van der Waals surface area contributed by atoms with Gasteiger partial charge in [-0.1, -0.05) is 36.4 Å². The Morgan fingerprint density at radius 3 is 2.35 bits per heavy atom.